The summed E-state index contributed by atoms with van der Waals surface area (Å²) in [7, 11) is 2.14. The fourth-order valence-electron chi connectivity index (χ4n) is 2.11. The first-order valence-corrected chi connectivity index (χ1v) is 8.06. The van der Waals surface area contributed by atoms with Crippen molar-refractivity contribution in [1.82, 2.24) is 10.2 Å². The number of hydrogen-bond donors (Lipinski definition) is 2. The van der Waals surface area contributed by atoms with Gasteiger partial charge < -0.3 is 20.7 Å². The van der Waals surface area contributed by atoms with Crippen LogP contribution in [0.1, 0.15) is 25.3 Å². The van der Waals surface area contributed by atoms with E-state index in [1.807, 2.05) is 13.0 Å². The molecule has 0 spiro atoms. The van der Waals surface area contributed by atoms with Crippen LogP contribution >= 0.6 is 0 Å². The van der Waals surface area contributed by atoms with Crippen LogP contribution in [0.3, 0.4) is 0 Å². The number of ether oxygens (including phenoxy) is 1. The fraction of sp³-hybridized carbons (Fsp3) is 0.588. The zero-order chi connectivity index (χ0) is 16.0. The Morgan fingerprint density at radius 3 is 2.77 bits per heavy atom. The van der Waals surface area contributed by atoms with Gasteiger partial charge in [0.15, 0.2) is 5.96 Å². The summed E-state index contributed by atoms with van der Waals surface area (Å²) in [5.41, 5.74) is 7.15. The predicted molar refractivity (Wildman–Crippen MR) is 93.0 cm³/mol. The average molecular weight is 306 g/mol. The van der Waals surface area contributed by atoms with E-state index in [2.05, 4.69) is 46.5 Å². The van der Waals surface area contributed by atoms with Crippen molar-refractivity contribution in [3.8, 4) is 0 Å². The van der Waals surface area contributed by atoms with Crippen LogP contribution in [-0.4, -0.2) is 50.8 Å². The van der Waals surface area contributed by atoms with Gasteiger partial charge >= 0.3 is 0 Å². The molecule has 0 fully saturated rings. The standard InChI is InChI=1S/C17H30N4O/c1-3-22-14-8-12-20-17(18)19-11-7-13-21(2)15-16-9-5-4-6-10-16/h4-6,9-10H,3,7-8,11-15H2,1-2H3,(H3,18,19,20). The number of nitrogens with one attached hydrogen (secondary N) is 1. The Labute approximate surface area is 134 Å². The molecular weight excluding hydrogens is 276 g/mol. The van der Waals surface area contributed by atoms with Crippen molar-refractivity contribution in [2.24, 2.45) is 10.7 Å². The normalized spacial score (nSPS) is 11.9. The molecular formula is C17H30N4O. The molecule has 0 unspecified atom stereocenters. The Hall–Kier alpha value is -1.59. The highest BCUT2D eigenvalue weighted by molar-refractivity contribution is 5.77. The number of aliphatic imine (C=N–C) groups is 1. The van der Waals surface area contributed by atoms with Gasteiger partial charge in [-0.25, -0.2) is 0 Å². The van der Waals surface area contributed by atoms with E-state index in [-0.39, 0.29) is 0 Å². The molecule has 0 aromatic heterocycles. The molecule has 0 amide bonds. The van der Waals surface area contributed by atoms with Crippen molar-refractivity contribution in [3.63, 3.8) is 0 Å². The van der Waals surface area contributed by atoms with E-state index in [0.29, 0.717) is 12.5 Å². The van der Waals surface area contributed by atoms with Crippen LogP contribution in [0.15, 0.2) is 35.3 Å². The second-order valence-corrected chi connectivity index (χ2v) is 5.32. The molecule has 1 rings (SSSR count). The maximum absolute atomic E-state index is 5.81. The van der Waals surface area contributed by atoms with Gasteiger partial charge in [0.05, 0.1) is 0 Å². The third kappa shape index (κ3) is 9.37. The highest BCUT2D eigenvalue weighted by atomic mass is 16.5. The van der Waals surface area contributed by atoms with Crippen LogP contribution in [0, 0.1) is 0 Å². The maximum Gasteiger partial charge on any atom is 0.188 e. The molecule has 124 valence electrons. The molecule has 22 heavy (non-hydrogen) atoms. The monoisotopic (exact) mass is 306 g/mol. The van der Waals surface area contributed by atoms with Crippen LogP contribution in [0.5, 0.6) is 0 Å². The number of nitrogens with two attached hydrogens (primary N) is 1. The molecule has 0 atom stereocenters. The average Bonchev–Trinajstić information content (AvgIpc) is 2.52. The summed E-state index contributed by atoms with van der Waals surface area (Å²) in [4.78, 5) is 6.58. The van der Waals surface area contributed by atoms with Gasteiger partial charge in [0.25, 0.3) is 0 Å². The van der Waals surface area contributed by atoms with Gasteiger partial charge in [-0.05, 0) is 38.9 Å². The van der Waals surface area contributed by atoms with E-state index in [0.717, 1.165) is 45.7 Å². The van der Waals surface area contributed by atoms with Crippen molar-refractivity contribution >= 4 is 5.96 Å². The third-order valence-corrected chi connectivity index (χ3v) is 3.25. The quantitative estimate of drug-likeness (QED) is 0.372. The van der Waals surface area contributed by atoms with Crippen molar-refractivity contribution in [3.05, 3.63) is 35.9 Å². The largest absolute Gasteiger partial charge is 0.382 e. The van der Waals surface area contributed by atoms with E-state index < -0.39 is 0 Å². The van der Waals surface area contributed by atoms with Crippen molar-refractivity contribution in [1.29, 1.82) is 0 Å². The van der Waals surface area contributed by atoms with Crippen LogP contribution in [0.2, 0.25) is 0 Å². The first-order chi connectivity index (χ1) is 10.7. The van der Waals surface area contributed by atoms with Gasteiger partial charge in [-0.2, -0.15) is 0 Å². The van der Waals surface area contributed by atoms with E-state index in [4.69, 9.17) is 10.5 Å². The Kier molecular flexibility index (Phi) is 10.1. The minimum atomic E-state index is 0.530. The highest BCUT2D eigenvalue weighted by Crippen LogP contribution is 2.02. The van der Waals surface area contributed by atoms with E-state index in [9.17, 15) is 0 Å². The smallest absolute Gasteiger partial charge is 0.188 e. The topological polar surface area (TPSA) is 62.9 Å². The molecule has 0 aliphatic rings. The second-order valence-electron chi connectivity index (χ2n) is 5.32. The summed E-state index contributed by atoms with van der Waals surface area (Å²) in [6.45, 7) is 7.06. The van der Waals surface area contributed by atoms with Crippen LogP contribution in [0.4, 0.5) is 0 Å². The highest BCUT2D eigenvalue weighted by Gasteiger charge is 2.00. The molecule has 0 heterocycles. The van der Waals surface area contributed by atoms with Crippen LogP contribution < -0.4 is 11.1 Å². The molecule has 0 aliphatic carbocycles. The molecule has 0 saturated heterocycles. The molecule has 1 aromatic rings. The lowest BCUT2D eigenvalue weighted by molar-refractivity contribution is 0.146. The van der Waals surface area contributed by atoms with Crippen molar-refractivity contribution < 1.29 is 4.74 Å². The minimum Gasteiger partial charge on any atom is -0.382 e. The molecule has 5 nitrogen and oxygen atoms in total. The minimum absolute atomic E-state index is 0.530. The Morgan fingerprint density at radius 2 is 2.05 bits per heavy atom. The lowest BCUT2D eigenvalue weighted by atomic mass is 10.2. The molecule has 0 radical (unpaired) electrons. The fourth-order valence-corrected chi connectivity index (χ4v) is 2.11. The zero-order valence-electron chi connectivity index (χ0n) is 13.9. The number of benzene rings is 1. The van der Waals surface area contributed by atoms with Gasteiger partial charge in [0.2, 0.25) is 0 Å². The Balaban J connectivity index is 2.05. The van der Waals surface area contributed by atoms with Gasteiger partial charge in [-0.1, -0.05) is 30.3 Å². The summed E-state index contributed by atoms with van der Waals surface area (Å²) >= 11 is 0. The summed E-state index contributed by atoms with van der Waals surface area (Å²) in [6, 6.07) is 10.5. The molecule has 0 saturated carbocycles. The predicted octanol–water partition coefficient (Wildman–Crippen LogP) is 1.84. The molecule has 0 aliphatic heterocycles. The number of guanidine groups is 1. The Morgan fingerprint density at radius 1 is 1.27 bits per heavy atom. The van der Waals surface area contributed by atoms with Crippen LogP contribution in [0.25, 0.3) is 0 Å². The van der Waals surface area contributed by atoms with Crippen molar-refractivity contribution in [2.75, 3.05) is 39.9 Å². The third-order valence-electron chi connectivity index (χ3n) is 3.25. The molecule has 0 bridgehead atoms. The zero-order valence-corrected chi connectivity index (χ0v) is 13.9. The lowest BCUT2D eigenvalue weighted by Crippen LogP contribution is -2.34. The van der Waals surface area contributed by atoms with E-state index >= 15 is 0 Å². The summed E-state index contributed by atoms with van der Waals surface area (Å²) in [5, 5.41) is 3.15. The lowest BCUT2D eigenvalue weighted by Gasteiger charge is -2.16. The summed E-state index contributed by atoms with van der Waals surface area (Å²) in [6.07, 6.45) is 1.95. The molecule has 1 aromatic carbocycles. The number of nitrogens with zero attached hydrogens (tertiary/aromatic N) is 2. The van der Waals surface area contributed by atoms with Gasteiger partial charge in [0, 0.05) is 32.8 Å². The molecule has 5 heteroatoms. The summed E-state index contributed by atoms with van der Waals surface area (Å²) < 4.78 is 5.25. The van der Waals surface area contributed by atoms with E-state index in [1.54, 1.807) is 0 Å². The number of hydrogen-bond acceptors (Lipinski definition) is 3. The van der Waals surface area contributed by atoms with Crippen molar-refractivity contribution in [2.45, 2.75) is 26.3 Å². The SMILES string of the molecule is CCOCCCN=C(N)NCCCN(C)Cc1ccccc1. The van der Waals surface area contributed by atoms with Crippen LogP contribution in [-0.2, 0) is 11.3 Å². The second kappa shape index (κ2) is 12.0. The molecule has 3 N–H and O–H groups in total. The van der Waals surface area contributed by atoms with Gasteiger partial charge in [-0.15, -0.1) is 0 Å². The first kappa shape index (κ1) is 18.5. The van der Waals surface area contributed by atoms with Gasteiger partial charge in [0.1, 0.15) is 0 Å². The summed E-state index contributed by atoms with van der Waals surface area (Å²) in [5.74, 6) is 0.530. The Bertz CT molecular complexity index is 408. The first-order valence-electron chi connectivity index (χ1n) is 8.06. The van der Waals surface area contributed by atoms with E-state index in [1.165, 1.54) is 5.56 Å². The van der Waals surface area contributed by atoms with Gasteiger partial charge in [-0.3, -0.25) is 4.99 Å². The maximum atomic E-state index is 5.81. The number of rotatable bonds is 11.